The van der Waals surface area contributed by atoms with Crippen molar-refractivity contribution < 1.29 is 29.3 Å². The first-order valence-electron chi connectivity index (χ1n) is 9.52. The first-order valence-corrected chi connectivity index (χ1v) is 9.52. The largest absolute Gasteiger partial charge is 0.493 e. The molecule has 7 heteroatoms. The number of methoxy groups -OCH3 is 1. The number of rotatable bonds is 6. The van der Waals surface area contributed by atoms with Crippen molar-refractivity contribution in [3.63, 3.8) is 0 Å². The average molecular weight is 417 g/mol. The van der Waals surface area contributed by atoms with Crippen LogP contribution < -0.4 is 9.47 Å². The van der Waals surface area contributed by atoms with E-state index in [0.717, 1.165) is 10.8 Å². The molecule has 4 aromatic rings. The standard InChI is InChI=1S/C24H19NO6/c1-13(23(26)27)31-20-10-8-15(11-21(20)30-2)19-12-17(24(28)29)22-16-6-4-3-5-14(16)7-9-18(22)25-19/h3-13H,1-2H3,(H,26,27)(H,28,29)/t13-/m1/s1. The van der Waals surface area contributed by atoms with Crippen LogP contribution in [0.4, 0.5) is 0 Å². The lowest BCUT2D eigenvalue weighted by Crippen LogP contribution is -2.23. The second kappa shape index (κ2) is 7.95. The molecule has 0 saturated carbocycles. The SMILES string of the molecule is COc1cc(-c2cc(C(=O)O)c3c(ccc4ccccc43)n2)ccc1O[C@H](C)C(=O)O. The van der Waals surface area contributed by atoms with Gasteiger partial charge in [-0.3, -0.25) is 0 Å². The van der Waals surface area contributed by atoms with Gasteiger partial charge in [0.2, 0.25) is 0 Å². The van der Waals surface area contributed by atoms with E-state index >= 15 is 0 Å². The van der Waals surface area contributed by atoms with Gasteiger partial charge in [0.25, 0.3) is 0 Å². The van der Waals surface area contributed by atoms with Gasteiger partial charge in [-0.1, -0.05) is 30.3 Å². The molecule has 0 amide bonds. The predicted octanol–water partition coefficient (Wildman–Crippen LogP) is 4.61. The highest BCUT2D eigenvalue weighted by Gasteiger charge is 2.18. The fourth-order valence-corrected chi connectivity index (χ4v) is 3.49. The maximum atomic E-state index is 12.1. The van der Waals surface area contributed by atoms with Crippen LogP contribution >= 0.6 is 0 Å². The zero-order valence-electron chi connectivity index (χ0n) is 16.8. The van der Waals surface area contributed by atoms with Crippen LogP contribution in [0.2, 0.25) is 0 Å². The number of fused-ring (bicyclic) bond motifs is 3. The van der Waals surface area contributed by atoms with Crippen molar-refractivity contribution in [3.05, 3.63) is 66.2 Å². The average Bonchev–Trinajstić information content (AvgIpc) is 2.78. The van der Waals surface area contributed by atoms with Gasteiger partial charge in [0, 0.05) is 10.9 Å². The highest BCUT2D eigenvalue weighted by Crippen LogP contribution is 2.35. The summed E-state index contributed by atoms with van der Waals surface area (Å²) in [6, 6.07) is 17.7. The van der Waals surface area contributed by atoms with E-state index in [-0.39, 0.29) is 11.3 Å². The normalized spacial score (nSPS) is 11.9. The molecule has 156 valence electrons. The third kappa shape index (κ3) is 3.73. The van der Waals surface area contributed by atoms with Crippen molar-refractivity contribution in [1.82, 2.24) is 4.98 Å². The summed E-state index contributed by atoms with van der Waals surface area (Å²) in [5.74, 6) is -1.55. The topological polar surface area (TPSA) is 106 Å². The van der Waals surface area contributed by atoms with Crippen LogP contribution in [-0.4, -0.2) is 40.3 Å². The quantitative estimate of drug-likeness (QED) is 0.441. The molecule has 7 nitrogen and oxygen atoms in total. The van der Waals surface area contributed by atoms with Gasteiger partial charge in [-0.2, -0.15) is 0 Å². The zero-order chi connectivity index (χ0) is 22.1. The lowest BCUT2D eigenvalue weighted by atomic mass is 9.98. The number of carbonyl (C=O) groups is 2. The molecule has 1 aromatic heterocycles. The summed E-state index contributed by atoms with van der Waals surface area (Å²) in [5.41, 5.74) is 1.78. The summed E-state index contributed by atoms with van der Waals surface area (Å²) in [5, 5.41) is 21.3. The second-order valence-electron chi connectivity index (χ2n) is 7.00. The molecule has 0 saturated heterocycles. The molecule has 0 aliphatic carbocycles. The summed E-state index contributed by atoms with van der Waals surface area (Å²) in [6.07, 6.45) is -1.05. The summed E-state index contributed by atoms with van der Waals surface area (Å²) in [4.78, 5) is 27.8. The molecule has 2 N–H and O–H groups in total. The Hall–Kier alpha value is -4.13. The Morgan fingerprint density at radius 2 is 1.74 bits per heavy atom. The molecule has 31 heavy (non-hydrogen) atoms. The van der Waals surface area contributed by atoms with Crippen molar-refractivity contribution in [1.29, 1.82) is 0 Å². The van der Waals surface area contributed by atoms with Gasteiger partial charge in [0.1, 0.15) is 0 Å². The van der Waals surface area contributed by atoms with Crippen molar-refractivity contribution in [3.8, 4) is 22.8 Å². The number of nitrogens with zero attached hydrogens (tertiary/aromatic N) is 1. The first-order chi connectivity index (χ1) is 14.9. The Morgan fingerprint density at radius 1 is 0.968 bits per heavy atom. The molecule has 0 bridgehead atoms. The van der Waals surface area contributed by atoms with E-state index in [0.29, 0.717) is 27.9 Å². The molecule has 0 fully saturated rings. The summed E-state index contributed by atoms with van der Waals surface area (Å²) in [7, 11) is 1.44. The Morgan fingerprint density at radius 3 is 2.45 bits per heavy atom. The Labute approximate surface area is 177 Å². The molecule has 0 unspecified atom stereocenters. The summed E-state index contributed by atoms with van der Waals surface area (Å²) < 4.78 is 10.8. The highest BCUT2D eigenvalue weighted by molar-refractivity contribution is 6.15. The minimum atomic E-state index is -1.10. The van der Waals surface area contributed by atoms with Crippen LogP contribution in [-0.2, 0) is 4.79 Å². The third-order valence-electron chi connectivity index (χ3n) is 5.04. The van der Waals surface area contributed by atoms with E-state index < -0.39 is 18.0 Å². The minimum absolute atomic E-state index is 0.149. The number of ether oxygens (including phenoxy) is 2. The molecule has 3 aromatic carbocycles. The molecule has 1 heterocycles. The van der Waals surface area contributed by atoms with Gasteiger partial charge in [-0.05, 0) is 48.0 Å². The van der Waals surface area contributed by atoms with E-state index in [1.807, 2.05) is 30.3 Å². The van der Waals surface area contributed by atoms with E-state index in [9.17, 15) is 14.7 Å². The van der Waals surface area contributed by atoms with Crippen LogP contribution in [0.25, 0.3) is 32.9 Å². The van der Waals surface area contributed by atoms with Gasteiger partial charge >= 0.3 is 11.9 Å². The van der Waals surface area contributed by atoms with Crippen molar-refractivity contribution in [2.75, 3.05) is 7.11 Å². The number of aromatic carboxylic acids is 1. The number of aliphatic carboxylic acids is 1. The van der Waals surface area contributed by atoms with Gasteiger partial charge < -0.3 is 19.7 Å². The Bertz CT molecular complexity index is 1330. The van der Waals surface area contributed by atoms with Crippen LogP contribution in [0.1, 0.15) is 17.3 Å². The second-order valence-corrected chi connectivity index (χ2v) is 7.00. The van der Waals surface area contributed by atoms with Crippen molar-refractivity contribution in [2.24, 2.45) is 0 Å². The molecule has 0 radical (unpaired) electrons. The van der Waals surface area contributed by atoms with Gasteiger partial charge in [-0.25, -0.2) is 14.6 Å². The fourth-order valence-electron chi connectivity index (χ4n) is 3.49. The molecule has 0 aliphatic rings. The van der Waals surface area contributed by atoms with Crippen LogP contribution in [0.15, 0.2) is 60.7 Å². The first kappa shape index (κ1) is 20.2. The molecular weight excluding hydrogens is 398 g/mol. The van der Waals surface area contributed by atoms with Crippen LogP contribution in [0.5, 0.6) is 11.5 Å². The number of pyridine rings is 1. The minimum Gasteiger partial charge on any atom is -0.493 e. The maximum Gasteiger partial charge on any atom is 0.344 e. The van der Waals surface area contributed by atoms with Crippen LogP contribution in [0.3, 0.4) is 0 Å². The monoisotopic (exact) mass is 417 g/mol. The van der Waals surface area contributed by atoms with E-state index in [1.165, 1.54) is 20.1 Å². The number of carboxylic acids is 2. The van der Waals surface area contributed by atoms with Crippen LogP contribution in [0, 0.1) is 0 Å². The fraction of sp³-hybridized carbons (Fsp3) is 0.125. The van der Waals surface area contributed by atoms with Gasteiger partial charge in [0.05, 0.1) is 23.9 Å². The van der Waals surface area contributed by atoms with Crippen molar-refractivity contribution >= 4 is 33.6 Å². The van der Waals surface area contributed by atoms with Crippen molar-refractivity contribution in [2.45, 2.75) is 13.0 Å². The smallest absolute Gasteiger partial charge is 0.344 e. The number of hydrogen-bond acceptors (Lipinski definition) is 5. The predicted molar refractivity (Wildman–Crippen MR) is 116 cm³/mol. The molecule has 0 spiro atoms. The third-order valence-corrected chi connectivity index (χ3v) is 5.04. The Balaban J connectivity index is 1.87. The molecule has 0 aliphatic heterocycles. The molecule has 4 rings (SSSR count). The number of hydrogen-bond donors (Lipinski definition) is 2. The van der Waals surface area contributed by atoms with E-state index in [1.54, 1.807) is 24.3 Å². The number of aromatic nitrogens is 1. The lowest BCUT2D eigenvalue weighted by molar-refractivity contribution is -0.144. The highest BCUT2D eigenvalue weighted by atomic mass is 16.5. The van der Waals surface area contributed by atoms with Gasteiger partial charge in [-0.15, -0.1) is 0 Å². The molecular formula is C24H19NO6. The zero-order valence-corrected chi connectivity index (χ0v) is 16.8. The molecule has 1 atom stereocenters. The van der Waals surface area contributed by atoms with Gasteiger partial charge in [0.15, 0.2) is 17.6 Å². The summed E-state index contributed by atoms with van der Waals surface area (Å²) >= 11 is 0. The lowest BCUT2D eigenvalue weighted by Gasteiger charge is -2.15. The maximum absolute atomic E-state index is 12.1. The Kier molecular flexibility index (Phi) is 5.17. The summed E-state index contributed by atoms with van der Waals surface area (Å²) in [6.45, 7) is 1.42. The van der Waals surface area contributed by atoms with E-state index in [2.05, 4.69) is 4.98 Å². The van der Waals surface area contributed by atoms with E-state index in [4.69, 9.17) is 14.6 Å². The number of carboxylic acid groups (broad SMARTS) is 2. The number of benzene rings is 3.